The van der Waals surface area contributed by atoms with Crippen molar-refractivity contribution in [2.75, 3.05) is 5.32 Å². The number of anilines is 1. The summed E-state index contributed by atoms with van der Waals surface area (Å²) >= 11 is 0. The van der Waals surface area contributed by atoms with Crippen molar-refractivity contribution in [2.24, 2.45) is 5.92 Å². The maximum Gasteiger partial charge on any atom is 0.330 e. The number of nitriles is 1. The van der Waals surface area contributed by atoms with Crippen LogP contribution in [0.15, 0.2) is 72.8 Å². The summed E-state index contributed by atoms with van der Waals surface area (Å²) in [5, 5.41) is 12.9. The van der Waals surface area contributed by atoms with Gasteiger partial charge in [-0.15, -0.1) is 0 Å². The van der Waals surface area contributed by atoms with E-state index in [0.717, 1.165) is 5.69 Å². The molecule has 0 bridgehead atoms. The van der Waals surface area contributed by atoms with Crippen molar-refractivity contribution in [3.05, 3.63) is 89.7 Å². The third kappa shape index (κ3) is 5.74. The molecule has 2 atom stereocenters. The topological polar surface area (TPSA) is 71.3 Å². The summed E-state index contributed by atoms with van der Waals surface area (Å²) in [6.07, 6.45) is 1.25. The molecule has 0 heterocycles. The van der Waals surface area contributed by atoms with Crippen molar-refractivity contribution in [1.29, 1.82) is 5.26 Å². The minimum Gasteiger partial charge on any atom is -0.454 e. The van der Waals surface area contributed by atoms with Gasteiger partial charge in [-0.1, -0.05) is 50.2 Å². The molecular formula is C28H27FN2O3. The van der Waals surface area contributed by atoms with E-state index in [0.29, 0.717) is 17.2 Å². The van der Waals surface area contributed by atoms with Crippen LogP contribution >= 0.6 is 0 Å². The van der Waals surface area contributed by atoms with E-state index in [4.69, 9.17) is 9.47 Å². The quantitative estimate of drug-likeness (QED) is 0.360. The number of para-hydroxylation sites is 1. The molecule has 0 aliphatic heterocycles. The van der Waals surface area contributed by atoms with Crippen LogP contribution in [0.5, 0.6) is 11.5 Å². The van der Waals surface area contributed by atoms with Crippen LogP contribution in [0.2, 0.25) is 0 Å². The second-order valence-corrected chi connectivity index (χ2v) is 8.81. The number of halogens is 1. The van der Waals surface area contributed by atoms with E-state index in [-0.39, 0.29) is 11.7 Å². The fourth-order valence-corrected chi connectivity index (χ4v) is 3.68. The van der Waals surface area contributed by atoms with Gasteiger partial charge in [-0.3, -0.25) is 0 Å². The van der Waals surface area contributed by atoms with Crippen LogP contribution < -0.4 is 10.1 Å². The second kappa shape index (κ2) is 10.4. The van der Waals surface area contributed by atoms with Gasteiger partial charge in [0.25, 0.3) is 0 Å². The van der Waals surface area contributed by atoms with Gasteiger partial charge in [0, 0.05) is 11.3 Å². The Bertz CT molecular complexity index is 1170. The van der Waals surface area contributed by atoms with Crippen molar-refractivity contribution < 1.29 is 18.7 Å². The van der Waals surface area contributed by atoms with Crippen LogP contribution in [0.4, 0.5) is 10.1 Å². The third-order valence-electron chi connectivity index (χ3n) is 5.78. The van der Waals surface area contributed by atoms with E-state index in [9.17, 15) is 14.4 Å². The van der Waals surface area contributed by atoms with Gasteiger partial charge in [0.2, 0.25) is 6.10 Å². The van der Waals surface area contributed by atoms with E-state index in [1.54, 1.807) is 24.3 Å². The monoisotopic (exact) mass is 458 g/mol. The molecule has 0 amide bonds. The number of benzene rings is 3. The van der Waals surface area contributed by atoms with E-state index in [1.165, 1.54) is 36.6 Å². The first-order chi connectivity index (χ1) is 16.4. The maximum atomic E-state index is 14.3. The average molecular weight is 459 g/mol. The fraction of sp³-hybridized carbons (Fsp3) is 0.286. The Morgan fingerprint density at radius 1 is 1.06 bits per heavy atom. The van der Waals surface area contributed by atoms with Crippen LogP contribution in [0.3, 0.4) is 0 Å². The molecular weight excluding hydrogens is 431 g/mol. The Hall–Kier alpha value is -3.85. The molecule has 174 valence electrons. The van der Waals surface area contributed by atoms with Crippen molar-refractivity contribution in [3.63, 3.8) is 0 Å². The lowest BCUT2D eigenvalue weighted by atomic mass is 10.0. The zero-order valence-corrected chi connectivity index (χ0v) is 19.2. The van der Waals surface area contributed by atoms with E-state index in [1.807, 2.05) is 38.1 Å². The Balaban J connectivity index is 1.47. The third-order valence-corrected chi connectivity index (χ3v) is 5.78. The Kier molecular flexibility index (Phi) is 7.12. The maximum absolute atomic E-state index is 14.3. The highest BCUT2D eigenvalue weighted by Gasteiger charge is 2.28. The molecule has 0 spiro atoms. The zero-order valence-electron chi connectivity index (χ0n) is 19.2. The molecule has 1 fully saturated rings. The molecule has 0 radical (unpaired) electrons. The summed E-state index contributed by atoms with van der Waals surface area (Å²) in [4.78, 5) is 13.0. The van der Waals surface area contributed by atoms with Crippen LogP contribution in [-0.2, 0) is 9.53 Å². The zero-order chi connectivity index (χ0) is 24.1. The summed E-state index contributed by atoms with van der Waals surface area (Å²) in [5.41, 5.74) is 2.46. The molecule has 3 aromatic carbocycles. The summed E-state index contributed by atoms with van der Waals surface area (Å²) < 4.78 is 25.5. The molecule has 1 saturated carbocycles. The van der Waals surface area contributed by atoms with Crippen LogP contribution in [0, 0.1) is 23.1 Å². The highest BCUT2D eigenvalue weighted by molar-refractivity contribution is 5.80. The molecule has 6 heteroatoms. The number of ether oxygens (including phenoxy) is 2. The summed E-state index contributed by atoms with van der Waals surface area (Å²) in [5.74, 6) is -0.146. The first-order valence-electron chi connectivity index (χ1n) is 11.4. The number of esters is 1. The summed E-state index contributed by atoms with van der Waals surface area (Å²) in [6.45, 7) is 3.81. The predicted octanol–water partition coefficient (Wildman–Crippen LogP) is 6.74. The van der Waals surface area contributed by atoms with Gasteiger partial charge in [0.15, 0.2) is 11.6 Å². The Morgan fingerprint density at radius 2 is 1.76 bits per heavy atom. The molecule has 1 N–H and O–H groups in total. The van der Waals surface area contributed by atoms with Crippen LogP contribution in [-0.4, -0.2) is 12.0 Å². The highest BCUT2D eigenvalue weighted by Crippen LogP contribution is 2.40. The van der Waals surface area contributed by atoms with E-state index < -0.39 is 23.9 Å². The van der Waals surface area contributed by atoms with Crippen molar-refractivity contribution in [2.45, 2.75) is 44.8 Å². The number of carbonyl (C=O) groups excluding carboxylic acids is 1. The molecule has 2 unspecified atom stereocenters. The summed E-state index contributed by atoms with van der Waals surface area (Å²) in [7, 11) is 0. The average Bonchev–Trinajstić information content (AvgIpc) is 3.69. The van der Waals surface area contributed by atoms with Crippen molar-refractivity contribution >= 4 is 11.7 Å². The molecule has 1 aliphatic carbocycles. The van der Waals surface area contributed by atoms with Gasteiger partial charge in [-0.05, 0) is 66.6 Å². The van der Waals surface area contributed by atoms with Crippen LogP contribution in [0.1, 0.15) is 49.8 Å². The Morgan fingerprint density at radius 3 is 2.38 bits per heavy atom. The molecule has 5 nitrogen and oxygen atoms in total. The van der Waals surface area contributed by atoms with Gasteiger partial charge < -0.3 is 14.8 Å². The number of hydrogen-bond donors (Lipinski definition) is 1. The standard InChI is InChI=1S/C28H27FN2O3/c1-18(2)27(31-22-13-10-20(11-14-22)19-8-9-19)28(32)34-26(17-30)21-12-15-24(29)25(16-21)33-23-6-4-3-5-7-23/h3-7,10-16,18-19,26-27,31H,8-9H2,1-2H3. The predicted molar refractivity (Wildman–Crippen MR) is 128 cm³/mol. The van der Waals surface area contributed by atoms with Gasteiger partial charge in [0.1, 0.15) is 17.9 Å². The largest absolute Gasteiger partial charge is 0.454 e. The molecule has 4 rings (SSSR count). The Labute approximate surface area is 199 Å². The van der Waals surface area contributed by atoms with E-state index in [2.05, 4.69) is 17.4 Å². The lowest BCUT2D eigenvalue weighted by Crippen LogP contribution is -2.36. The number of nitrogens with one attached hydrogen (secondary N) is 1. The minimum atomic E-state index is -1.20. The van der Waals surface area contributed by atoms with Gasteiger partial charge >= 0.3 is 5.97 Å². The number of rotatable bonds is 9. The number of carbonyl (C=O) groups is 1. The molecule has 34 heavy (non-hydrogen) atoms. The van der Waals surface area contributed by atoms with Gasteiger partial charge in [0.05, 0.1) is 0 Å². The van der Waals surface area contributed by atoms with Crippen LogP contribution in [0.25, 0.3) is 0 Å². The number of nitrogens with zero attached hydrogens (tertiary/aromatic N) is 1. The number of hydrogen-bond acceptors (Lipinski definition) is 5. The molecule has 0 aromatic heterocycles. The molecule has 3 aromatic rings. The normalized spacial score (nSPS) is 14.7. The molecule has 0 saturated heterocycles. The smallest absolute Gasteiger partial charge is 0.330 e. The minimum absolute atomic E-state index is 0.0470. The van der Waals surface area contributed by atoms with Gasteiger partial charge in [-0.25, -0.2) is 9.18 Å². The van der Waals surface area contributed by atoms with E-state index >= 15 is 0 Å². The van der Waals surface area contributed by atoms with Gasteiger partial charge in [-0.2, -0.15) is 5.26 Å². The fourth-order valence-electron chi connectivity index (χ4n) is 3.68. The summed E-state index contributed by atoms with van der Waals surface area (Å²) in [6, 6.07) is 22.2. The highest BCUT2D eigenvalue weighted by atomic mass is 19.1. The second-order valence-electron chi connectivity index (χ2n) is 8.81. The first-order valence-corrected chi connectivity index (χ1v) is 11.4. The SMILES string of the molecule is CC(C)C(Nc1ccc(C2CC2)cc1)C(=O)OC(C#N)c1ccc(F)c(Oc2ccccc2)c1. The van der Waals surface area contributed by atoms with Crippen molar-refractivity contribution in [1.82, 2.24) is 0 Å². The molecule has 1 aliphatic rings. The first kappa shape index (κ1) is 23.3. The lowest BCUT2D eigenvalue weighted by molar-refractivity contribution is -0.148. The van der Waals surface area contributed by atoms with Crippen molar-refractivity contribution in [3.8, 4) is 17.6 Å². The lowest BCUT2D eigenvalue weighted by Gasteiger charge is -2.23.